The van der Waals surface area contributed by atoms with Gasteiger partial charge in [-0.25, -0.2) is 0 Å². The highest BCUT2D eigenvalue weighted by Crippen LogP contribution is 2.12. The first-order valence-corrected chi connectivity index (χ1v) is 5.86. The van der Waals surface area contributed by atoms with Crippen LogP contribution in [0.15, 0.2) is 0 Å². The van der Waals surface area contributed by atoms with Gasteiger partial charge in [0.05, 0.1) is 13.5 Å². The molecule has 0 aromatic rings. The van der Waals surface area contributed by atoms with Crippen molar-refractivity contribution in [3.63, 3.8) is 0 Å². The predicted molar refractivity (Wildman–Crippen MR) is 55.0 cm³/mol. The van der Waals surface area contributed by atoms with E-state index in [0.29, 0.717) is 12.5 Å². The van der Waals surface area contributed by atoms with Crippen LogP contribution in [0.4, 0.5) is 0 Å². The summed E-state index contributed by atoms with van der Waals surface area (Å²) in [6.45, 7) is 1.15. The van der Waals surface area contributed by atoms with Crippen LogP contribution in [0.3, 0.4) is 0 Å². The molecule has 0 radical (unpaired) electrons. The normalized spacial score (nSPS) is 21.8. The largest absolute Gasteiger partial charge is 0.469 e. The van der Waals surface area contributed by atoms with Gasteiger partial charge < -0.3 is 10.1 Å². The van der Waals surface area contributed by atoms with Crippen LogP contribution in [-0.4, -0.2) is 37.2 Å². The Balaban J connectivity index is 1.91. The fraction of sp³-hybridized carbons (Fsp3) is 0.889. The highest BCUT2D eigenvalue weighted by atomic mass is 32.2. The van der Waals surface area contributed by atoms with Gasteiger partial charge >= 0.3 is 5.97 Å². The zero-order valence-corrected chi connectivity index (χ0v) is 8.86. The number of hydrogen-bond donors (Lipinski definition) is 1. The molecule has 76 valence electrons. The second kappa shape index (κ2) is 6.27. The first-order chi connectivity index (χ1) is 6.33. The summed E-state index contributed by atoms with van der Waals surface area (Å²) in [6.07, 6.45) is 3.11. The minimum atomic E-state index is -0.105. The van der Waals surface area contributed by atoms with Gasteiger partial charge in [-0.3, -0.25) is 4.79 Å². The van der Waals surface area contributed by atoms with Crippen molar-refractivity contribution >= 4 is 17.7 Å². The molecule has 0 spiro atoms. The fourth-order valence-electron chi connectivity index (χ4n) is 1.38. The van der Waals surface area contributed by atoms with E-state index in [1.54, 1.807) is 0 Å². The van der Waals surface area contributed by atoms with E-state index in [0.717, 1.165) is 18.1 Å². The average molecular weight is 203 g/mol. The molecule has 4 heteroatoms. The van der Waals surface area contributed by atoms with Crippen LogP contribution in [-0.2, 0) is 9.53 Å². The average Bonchev–Trinajstić information content (AvgIpc) is 2.64. The van der Waals surface area contributed by atoms with Crippen LogP contribution in [0, 0.1) is 0 Å². The Morgan fingerprint density at radius 1 is 1.69 bits per heavy atom. The first kappa shape index (κ1) is 10.9. The lowest BCUT2D eigenvalue weighted by Gasteiger charge is -2.08. The number of rotatable bonds is 5. The maximum Gasteiger partial charge on any atom is 0.306 e. The molecule has 0 aromatic carbocycles. The maximum atomic E-state index is 10.8. The number of methoxy groups -OCH3 is 1. The number of ether oxygens (including phenoxy) is 1. The van der Waals surface area contributed by atoms with E-state index in [4.69, 9.17) is 0 Å². The smallest absolute Gasteiger partial charge is 0.306 e. The molecule has 0 amide bonds. The number of thioether (sulfide) groups is 1. The zero-order valence-electron chi connectivity index (χ0n) is 8.04. The fourth-order valence-corrected chi connectivity index (χ4v) is 2.43. The Kier molecular flexibility index (Phi) is 5.23. The lowest BCUT2D eigenvalue weighted by atomic mass is 10.3. The molecule has 1 aliphatic rings. The third kappa shape index (κ3) is 4.52. The number of hydrogen-bond acceptors (Lipinski definition) is 4. The zero-order chi connectivity index (χ0) is 9.52. The number of esters is 1. The summed E-state index contributed by atoms with van der Waals surface area (Å²) in [6, 6.07) is 0.669. The molecule has 0 aromatic heterocycles. The molecule has 1 atom stereocenters. The Bertz CT molecular complexity index is 158. The van der Waals surface area contributed by atoms with Gasteiger partial charge in [0.15, 0.2) is 0 Å². The maximum absolute atomic E-state index is 10.8. The molecule has 0 bridgehead atoms. The molecule has 3 nitrogen and oxygen atoms in total. The van der Waals surface area contributed by atoms with Gasteiger partial charge in [-0.1, -0.05) is 0 Å². The molecular formula is C9H17NO2S. The third-order valence-electron chi connectivity index (χ3n) is 2.16. The summed E-state index contributed by atoms with van der Waals surface area (Å²) in [5, 5.41) is 3.42. The van der Waals surface area contributed by atoms with Gasteiger partial charge in [0.25, 0.3) is 0 Å². The van der Waals surface area contributed by atoms with E-state index in [-0.39, 0.29) is 5.97 Å². The van der Waals surface area contributed by atoms with E-state index in [1.807, 2.05) is 11.8 Å². The van der Waals surface area contributed by atoms with Gasteiger partial charge in [0, 0.05) is 17.5 Å². The van der Waals surface area contributed by atoms with Crippen LogP contribution >= 0.6 is 11.8 Å². The van der Waals surface area contributed by atoms with Crippen molar-refractivity contribution < 1.29 is 9.53 Å². The Hall–Kier alpha value is -0.220. The molecule has 1 saturated heterocycles. The standard InChI is InChI=1S/C9H17NO2S/c1-12-9(11)4-6-13-7-8-3-2-5-10-8/h8,10H,2-7H2,1H3. The van der Waals surface area contributed by atoms with Crippen molar-refractivity contribution in [3.05, 3.63) is 0 Å². The second-order valence-electron chi connectivity index (χ2n) is 3.19. The molecule has 0 saturated carbocycles. The lowest BCUT2D eigenvalue weighted by molar-refractivity contribution is -0.140. The van der Waals surface area contributed by atoms with Gasteiger partial charge in [0.1, 0.15) is 0 Å². The lowest BCUT2D eigenvalue weighted by Crippen LogP contribution is -2.23. The van der Waals surface area contributed by atoms with Crippen LogP contribution < -0.4 is 5.32 Å². The molecule has 1 heterocycles. The number of carbonyl (C=O) groups excluding carboxylic acids is 1. The van der Waals surface area contributed by atoms with Crippen LogP contribution in [0.5, 0.6) is 0 Å². The Morgan fingerprint density at radius 3 is 3.15 bits per heavy atom. The second-order valence-corrected chi connectivity index (χ2v) is 4.34. The monoisotopic (exact) mass is 203 g/mol. The summed E-state index contributed by atoms with van der Waals surface area (Å²) in [7, 11) is 1.44. The predicted octanol–water partition coefficient (Wildman–Crippen LogP) is 1.03. The summed E-state index contributed by atoms with van der Waals surface area (Å²) in [5.41, 5.74) is 0. The van der Waals surface area contributed by atoms with E-state index in [2.05, 4.69) is 10.1 Å². The first-order valence-electron chi connectivity index (χ1n) is 4.71. The minimum absolute atomic E-state index is 0.105. The Labute approximate surface area is 83.6 Å². The topological polar surface area (TPSA) is 38.3 Å². The van der Waals surface area contributed by atoms with Crippen LogP contribution in [0.1, 0.15) is 19.3 Å². The van der Waals surface area contributed by atoms with Crippen LogP contribution in [0.2, 0.25) is 0 Å². The van der Waals surface area contributed by atoms with Crippen molar-refractivity contribution in [3.8, 4) is 0 Å². The summed E-state index contributed by atoms with van der Waals surface area (Å²) in [4.78, 5) is 10.8. The van der Waals surface area contributed by atoms with Gasteiger partial charge in [-0.2, -0.15) is 11.8 Å². The molecule has 0 aliphatic carbocycles. The van der Waals surface area contributed by atoms with E-state index in [1.165, 1.54) is 20.0 Å². The van der Waals surface area contributed by atoms with E-state index < -0.39 is 0 Å². The molecule has 13 heavy (non-hydrogen) atoms. The van der Waals surface area contributed by atoms with Gasteiger partial charge in [-0.15, -0.1) is 0 Å². The van der Waals surface area contributed by atoms with E-state index in [9.17, 15) is 4.79 Å². The Morgan fingerprint density at radius 2 is 2.54 bits per heavy atom. The molecule has 1 aliphatic heterocycles. The van der Waals surface area contributed by atoms with E-state index >= 15 is 0 Å². The third-order valence-corrected chi connectivity index (χ3v) is 3.29. The summed E-state index contributed by atoms with van der Waals surface area (Å²) >= 11 is 1.83. The van der Waals surface area contributed by atoms with Crippen molar-refractivity contribution in [1.82, 2.24) is 5.32 Å². The SMILES string of the molecule is COC(=O)CCSCC1CCCN1. The molecule has 1 fully saturated rings. The van der Waals surface area contributed by atoms with Crippen LogP contribution in [0.25, 0.3) is 0 Å². The van der Waals surface area contributed by atoms with Crippen molar-refractivity contribution in [2.24, 2.45) is 0 Å². The quantitative estimate of drug-likeness (QED) is 0.535. The number of nitrogens with one attached hydrogen (secondary N) is 1. The summed E-state index contributed by atoms with van der Waals surface area (Å²) < 4.78 is 4.55. The van der Waals surface area contributed by atoms with Crippen molar-refractivity contribution in [2.45, 2.75) is 25.3 Å². The molecule has 1 N–H and O–H groups in total. The highest BCUT2D eigenvalue weighted by molar-refractivity contribution is 7.99. The molecule has 1 rings (SSSR count). The molecular weight excluding hydrogens is 186 g/mol. The summed E-state index contributed by atoms with van der Waals surface area (Å²) in [5.74, 6) is 1.90. The van der Waals surface area contributed by atoms with Gasteiger partial charge in [-0.05, 0) is 19.4 Å². The highest BCUT2D eigenvalue weighted by Gasteiger charge is 2.13. The minimum Gasteiger partial charge on any atom is -0.469 e. The molecule has 1 unspecified atom stereocenters. The number of carbonyl (C=O) groups is 1. The van der Waals surface area contributed by atoms with Gasteiger partial charge in [0.2, 0.25) is 0 Å². The van der Waals surface area contributed by atoms with Crippen molar-refractivity contribution in [2.75, 3.05) is 25.2 Å². The van der Waals surface area contributed by atoms with Crippen molar-refractivity contribution in [1.29, 1.82) is 0 Å².